The zero-order chi connectivity index (χ0) is 19.8. The normalized spacial score (nSPS) is 17.1. The molecule has 5 nitrogen and oxygen atoms in total. The van der Waals surface area contributed by atoms with E-state index in [4.69, 9.17) is 25.8 Å². The van der Waals surface area contributed by atoms with E-state index in [0.717, 1.165) is 36.6 Å². The van der Waals surface area contributed by atoms with Crippen LogP contribution in [-0.2, 0) is 9.53 Å². The highest BCUT2D eigenvalue weighted by molar-refractivity contribution is 6.30. The van der Waals surface area contributed by atoms with Crippen LogP contribution >= 0.6 is 11.6 Å². The molecule has 1 unspecified atom stereocenters. The van der Waals surface area contributed by atoms with Crippen LogP contribution in [0.25, 0.3) is 0 Å². The highest BCUT2D eigenvalue weighted by atomic mass is 35.5. The van der Waals surface area contributed by atoms with Gasteiger partial charge in [0.05, 0.1) is 13.5 Å². The number of rotatable bonds is 8. The Balaban J connectivity index is 1.50. The van der Waals surface area contributed by atoms with Crippen LogP contribution in [0.5, 0.6) is 17.2 Å². The summed E-state index contributed by atoms with van der Waals surface area (Å²) in [7, 11) is 1.43. The van der Waals surface area contributed by atoms with Crippen molar-refractivity contribution in [3.05, 3.63) is 53.6 Å². The smallest absolute Gasteiger partial charge is 0.306 e. The van der Waals surface area contributed by atoms with Crippen molar-refractivity contribution < 1.29 is 19.0 Å². The quantitative estimate of drug-likeness (QED) is 0.585. The van der Waals surface area contributed by atoms with E-state index in [-0.39, 0.29) is 5.97 Å². The molecule has 1 heterocycles. The van der Waals surface area contributed by atoms with Crippen LogP contribution in [0.15, 0.2) is 48.5 Å². The van der Waals surface area contributed by atoms with Crippen molar-refractivity contribution in [2.75, 3.05) is 26.8 Å². The molecule has 0 radical (unpaired) electrons. The molecule has 1 saturated heterocycles. The molecule has 28 heavy (non-hydrogen) atoms. The van der Waals surface area contributed by atoms with Crippen molar-refractivity contribution in [1.29, 1.82) is 0 Å². The number of carbonyl (C=O) groups is 1. The lowest BCUT2D eigenvalue weighted by atomic mass is 10.0. The minimum atomic E-state index is -0.165. The van der Waals surface area contributed by atoms with Crippen molar-refractivity contribution in [1.82, 2.24) is 4.90 Å². The van der Waals surface area contributed by atoms with Crippen molar-refractivity contribution >= 4 is 17.6 Å². The monoisotopic (exact) mass is 403 g/mol. The average Bonchev–Trinajstić information content (AvgIpc) is 2.73. The van der Waals surface area contributed by atoms with Gasteiger partial charge in [-0.05, 0) is 67.9 Å². The SMILES string of the molecule is COC(=O)CCN1CCCCC1COc1ccc(Oc2ccc(Cl)cc2)cc1. The number of ether oxygens (including phenoxy) is 3. The first kappa shape index (κ1) is 20.5. The molecular weight excluding hydrogens is 378 g/mol. The van der Waals surface area contributed by atoms with Crippen LogP contribution in [0.1, 0.15) is 25.7 Å². The first-order chi connectivity index (χ1) is 13.6. The van der Waals surface area contributed by atoms with Gasteiger partial charge >= 0.3 is 5.97 Å². The molecule has 150 valence electrons. The molecule has 0 saturated carbocycles. The Morgan fingerprint density at radius 3 is 2.36 bits per heavy atom. The molecule has 1 aliphatic rings. The van der Waals surface area contributed by atoms with Gasteiger partial charge in [-0.25, -0.2) is 0 Å². The van der Waals surface area contributed by atoms with E-state index in [0.29, 0.717) is 30.6 Å². The third-order valence-electron chi connectivity index (χ3n) is 4.90. The zero-order valence-electron chi connectivity index (χ0n) is 16.1. The average molecular weight is 404 g/mol. The Morgan fingerprint density at radius 1 is 1.04 bits per heavy atom. The summed E-state index contributed by atoms with van der Waals surface area (Å²) in [6.07, 6.45) is 3.85. The number of hydrogen-bond acceptors (Lipinski definition) is 5. The first-order valence-electron chi connectivity index (χ1n) is 9.61. The lowest BCUT2D eigenvalue weighted by Gasteiger charge is -2.35. The summed E-state index contributed by atoms with van der Waals surface area (Å²) >= 11 is 5.89. The molecule has 0 N–H and O–H groups in total. The summed E-state index contributed by atoms with van der Waals surface area (Å²) in [5.74, 6) is 2.12. The van der Waals surface area contributed by atoms with Gasteiger partial charge in [-0.2, -0.15) is 0 Å². The molecule has 0 bridgehead atoms. The Kier molecular flexibility index (Phi) is 7.57. The number of hydrogen-bond donors (Lipinski definition) is 0. The maximum absolute atomic E-state index is 11.4. The molecule has 1 aliphatic heterocycles. The summed E-state index contributed by atoms with van der Waals surface area (Å²) < 4.78 is 16.5. The maximum atomic E-state index is 11.4. The first-order valence-corrected chi connectivity index (χ1v) is 9.99. The minimum Gasteiger partial charge on any atom is -0.492 e. The van der Waals surface area contributed by atoms with Crippen molar-refractivity contribution in [3.63, 3.8) is 0 Å². The second kappa shape index (κ2) is 10.3. The number of piperidine rings is 1. The Labute approximate surface area is 171 Å². The van der Waals surface area contributed by atoms with Gasteiger partial charge in [-0.15, -0.1) is 0 Å². The molecule has 0 spiro atoms. The Bertz CT molecular complexity index is 748. The fourth-order valence-electron chi connectivity index (χ4n) is 3.32. The fraction of sp³-hybridized carbons (Fsp3) is 0.409. The van der Waals surface area contributed by atoms with Crippen LogP contribution in [-0.4, -0.2) is 43.7 Å². The largest absolute Gasteiger partial charge is 0.492 e. The van der Waals surface area contributed by atoms with Gasteiger partial charge < -0.3 is 14.2 Å². The third-order valence-corrected chi connectivity index (χ3v) is 5.15. The molecule has 2 aromatic carbocycles. The number of esters is 1. The number of carbonyl (C=O) groups excluding carboxylic acids is 1. The maximum Gasteiger partial charge on any atom is 0.306 e. The summed E-state index contributed by atoms with van der Waals surface area (Å²) in [6.45, 7) is 2.33. The van der Waals surface area contributed by atoms with E-state index in [1.807, 2.05) is 36.4 Å². The fourth-order valence-corrected chi connectivity index (χ4v) is 3.44. The van der Waals surface area contributed by atoms with E-state index < -0.39 is 0 Å². The van der Waals surface area contributed by atoms with E-state index in [2.05, 4.69) is 4.90 Å². The molecule has 1 fully saturated rings. The van der Waals surface area contributed by atoms with E-state index >= 15 is 0 Å². The molecular formula is C22H26ClNO4. The molecule has 2 aromatic rings. The zero-order valence-corrected chi connectivity index (χ0v) is 16.9. The summed E-state index contributed by atoms with van der Waals surface area (Å²) in [5, 5.41) is 0.680. The van der Waals surface area contributed by atoms with Crippen LogP contribution in [0, 0.1) is 0 Å². The minimum absolute atomic E-state index is 0.165. The molecule has 3 rings (SSSR count). The lowest BCUT2D eigenvalue weighted by Crippen LogP contribution is -2.44. The van der Waals surface area contributed by atoms with Crippen molar-refractivity contribution in [2.45, 2.75) is 31.7 Å². The van der Waals surface area contributed by atoms with Crippen LogP contribution in [0.3, 0.4) is 0 Å². The van der Waals surface area contributed by atoms with Gasteiger partial charge in [-0.3, -0.25) is 9.69 Å². The molecule has 1 atom stereocenters. The summed E-state index contributed by atoms with van der Waals surface area (Å²) in [6, 6.07) is 15.2. The van der Waals surface area contributed by atoms with Crippen molar-refractivity contribution in [3.8, 4) is 17.2 Å². The van der Waals surface area contributed by atoms with Gasteiger partial charge in [0, 0.05) is 17.6 Å². The van der Waals surface area contributed by atoms with Gasteiger partial charge in [0.15, 0.2) is 0 Å². The predicted molar refractivity (Wildman–Crippen MR) is 109 cm³/mol. The van der Waals surface area contributed by atoms with Crippen LogP contribution < -0.4 is 9.47 Å². The number of likely N-dealkylation sites (tertiary alicyclic amines) is 1. The van der Waals surface area contributed by atoms with Gasteiger partial charge in [0.1, 0.15) is 23.9 Å². The summed E-state index contributed by atoms with van der Waals surface area (Å²) in [5.41, 5.74) is 0. The number of methoxy groups -OCH3 is 1. The lowest BCUT2D eigenvalue weighted by molar-refractivity contribution is -0.141. The highest BCUT2D eigenvalue weighted by Gasteiger charge is 2.23. The number of benzene rings is 2. The highest BCUT2D eigenvalue weighted by Crippen LogP contribution is 2.26. The van der Waals surface area contributed by atoms with E-state index in [1.54, 1.807) is 12.1 Å². The van der Waals surface area contributed by atoms with E-state index in [9.17, 15) is 4.79 Å². The standard InChI is InChI=1S/C22H26ClNO4/c1-26-22(25)13-15-24-14-3-2-4-18(24)16-27-19-9-11-21(12-10-19)28-20-7-5-17(23)6-8-20/h5-12,18H,2-4,13-16H2,1H3. The molecule has 0 aliphatic carbocycles. The van der Waals surface area contributed by atoms with Crippen molar-refractivity contribution in [2.24, 2.45) is 0 Å². The third kappa shape index (κ3) is 6.14. The Hall–Kier alpha value is -2.24. The second-order valence-electron chi connectivity index (χ2n) is 6.85. The van der Waals surface area contributed by atoms with E-state index in [1.165, 1.54) is 13.5 Å². The number of nitrogens with zero attached hydrogens (tertiary/aromatic N) is 1. The van der Waals surface area contributed by atoms with Crippen LogP contribution in [0.2, 0.25) is 5.02 Å². The van der Waals surface area contributed by atoms with Gasteiger partial charge in [-0.1, -0.05) is 18.0 Å². The number of halogens is 1. The molecule has 6 heteroatoms. The topological polar surface area (TPSA) is 48.0 Å². The summed E-state index contributed by atoms with van der Waals surface area (Å²) in [4.78, 5) is 13.8. The van der Waals surface area contributed by atoms with Gasteiger partial charge in [0.25, 0.3) is 0 Å². The second-order valence-corrected chi connectivity index (χ2v) is 7.29. The van der Waals surface area contributed by atoms with Crippen LogP contribution in [0.4, 0.5) is 0 Å². The molecule has 0 amide bonds. The van der Waals surface area contributed by atoms with Gasteiger partial charge in [0.2, 0.25) is 0 Å². The molecule has 0 aromatic heterocycles. The Morgan fingerprint density at radius 2 is 1.68 bits per heavy atom. The predicted octanol–water partition coefficient (Wildman–Crippen LogP) is 4.93.